The number of aliphatic hydroxyl groups excluding tert-OH is 1. The summed E-state index contributed by atoms with van der Waals surface area (Å²) in [6, 6.07) is 0. The first-order valence-corrected chi connectivity index (χ1v) is 4.10. The number of halogens is 1. The molecule has 0 aromatic carbocycles. The Balaban J connectivity index is 2.85. The van der Waals surface area contributed by atoms with Crippen LogP contribution < -0.4 is 0 Å². The number of hydrogen-bond donors (Lipinski definition) is 1. The Bertz CT molecular complexity index is 199. The Labute approximate surface area is 65.7 Å². The number of aromatic nitrogens is 1. The van der Waals surface area contributed by atoms with Crippen molar-refractivity contribution in [3.05, 3.63) is 15.0 Å². The van der Waals surface area contributed by atoms with Crippen molar-refractivity contribution in [1.29, 1.82) is 0 Å². The molecule has 0 aliphatic carbocycles. The van der Waals surface area contributed by atoms with E-state index in [1.54, 1.807) is 13.1 Å². The van der Waals surface area contributed by atoms with E-state index in [4.69, 9.17) is 5.11 Å². The summed E-state index contributed by atoms with van der Waals surface area (Å²) in [6.07, 6.45) is 1.27. The van der Waals surface area contributed by atoms with Gasteiger partial charge in [-0.3, -0.25) is 0 Å². The second kappa shape index (κ2) is 2.77. The number of rotatable bonds is 1. The highest BCUT2D eigenvalue weighted by atomic mass is 79.9. The summed E-state index contributed by atoms with van der Waals surface area (Å²) in [6.45, 7) is 1.72. The molecule has 0 saturated carbocycles. The van der Waals surface area contributed by atoms with Crippen LogP contribution in [0.4, 0.5) is 0 Å². The zero-order valence-electron chi connectivity index (χ0n) is 4.84. The molecule has 1 atom stereocenters. The average molecular weight is 208 g/mol. The second-order valence-corrected chi connectivity index (χ2v) is 4.03. The van der Waals surface area contributed by atoms with Crippen molar-refractivity contribution in [3.8, 4) is 0 Å². The van der Waals surface area contributed by atoms with Crippen molar-refractivity contribution < 1.29 is 5.11 Å². The summed E-state index contributed by atoms with van der Waals surface area (Å²) in [5, 5.41) is 8.99. The lowest BCUT2D eigenvalue weighted by Crippen LogP contribution is -1.83. The van der Waals surface area contributed by atoms with E-state index in [-0.39, 0.29) is 0 Å². The van der Waals surface area contributed by atoms with Gasteiger partial charge in [-0.05, 0) is 22.9 Å². The zero-order chi connectivity index (χ0) is 6.85. The molecule has 2 nitrogen and oxygen atoms in total. The minimum atomic E-state index is -0.395. The Morgan fingerprint density at radius 1 is 1.89 bits per heavy atom. The summed E-state index contributed by atoms with van der Waals surface area (Å²) in [5.41, 5.74) is 0. The highest BCUT2D eigenvalue weighted by molar-refractivity contribution is 9.11. The van der Waals surface area contributed by atoms with Gasteiger partial charge in [-0.25, -0.2) is 4.98 Å². The van der Waals surface area contributed by atoms with E-state index in [1.165, 1.54) is 11.3 Å². The average Bonchev–Trinajstić information content (AvgIpc) is 2.14. The van der Waals surface area contributed by atoms with Gasteiger partial charge in [0.1, 0.15) is 0 Å². The Morgan fingerprint density at radius 2 is 2.56 bits per heavy atom. The molecule has 0 aliphatic heterocycles. The van der Waals surface area contributed by atoms with E-state index in [0.29, 0.717) is 0 Å². The fourth-order valence-corrected chi connectivity index (χ4v) is 1.70. The molecule has 0 fully saturated rings. The lowest BCUT2D eigenvalue weighted by molar-refractivity contribution is 0.203. The normalized spacial score (nSPS) is 13.7. The number of aliphatic hydroxyl groups is 1. The molecule has 9 heavy (non-hydrogen) atoms. The van der Waals surface area contributed by atoms with E-state index < -0.39 is 6.10 Å². The standard InChI is InChI=1S/C5H6BrNOS/c1-3(8)4-2-7-5(6)9-4/h2-3,8H,1H3/t3-/m0/s1. The fraction of sp³-hybridized carbons (Fsp3) is 0.400. The first-order chi connectivity index (χ1) is 4.20. The summed E-state index contributed by atoms with van der Waals surface area (Å²) < 4.78 is 0.818. The Hall–Kier alpha value is 0.0700. The van der Waals surface area contributed by atoms with Crippen LogP contribution in [0.1, 0.15) is 17.9 Å². The van der Waals surface area contributed by atoms with E-state index in [0.717, 1.165) is 8.79 Å². The third kappa shape index (κ3) is 1.74. The third-order valence-corrected chi connectivity index (χ3v) is 2.55. The molecule has 1 N–H and O–H groups in total. The molecule has 50 valence electrons. The first-order valence-electron chi connectivity index (χ1n) is 2.49. The van der Waals surface area contributed by atoms with Crippen molar-refractivity contribution in [2.45, 2.75) is 13.0 Å². The maximum absolute atomic E-state index is 8.99. The number of hydrogen-bond acceptors (Lipinski definition) is 3. The molecule has 0 unspecified atom stereocenters. The maximum Gasteiger partial charge on any atom is 0.159 e. The highest BCUT2D eigenvalue weighted by Gasteiger charge is 2.03. The zero-order valence-corrected chi connectivity index (χ0v) is 7.24. The van der Waals surface area contributed by atoms with E-state index in [9.17, 15) is 0 Å². The van der Waals surface area contributed by atoms with Crippen LogP contribution in [-0.4, -0.2) is 10.1 Å². The molecule has 0 spiro atoms. The number of thiazole rings is 1. The molecule has 4 heteroatoms. The van der Waals surface area contributed by atoms with Crippen molar-refractivity contribution in [2.75, 3.05) is 0 Å². The molecular weight excluding hydrogens is 202 g/mol. The van der Waals surface area contributed by atoms with E-state index in [1.807, 2.05) is 0 Å². The van der Waals surface area contributed by atoms with Gasteiger partial charge in [0.15, 0.2) is 3.92 Å². The molecule has 1 rings (SSSR count). The Kier molecular flexibility index (Phi) is 2.21. The second-order valence-electron chi connectivity index (χ2n) is 1.69. The number of nitrogens with zero attached hydrogens (tertiary/aromatic N) is 1. The van der Waals surface area contributed by atoms with Gasteiger partial charge in [-0.2, -0.15) is 0 Å². The van der Waals surface area contributed by atoms with Gasteiger partial charge in [0.05, 0.1) is 11.0 Å². The van der Waals surface area contributed by atoms with Crippen LogP contribution in [0.2, 0.25) is 0 Å². The predicted molar refractivity (Wildman–Crippen MR) is 40.4 cm³/mol. The van der Waals surface area contributed by atoms with Crippen LogP contribution in [0.5, 0.6) is 0 Å². The van der Waals surface area contributed by atoms with Crippen LogP contribution >= 0.6 is 27.3 Å². The van der Waals surface area contributed by atoms with Gasteiger partial charge in [-0.1, -0.05) is 0 Å². The van der Waals surface area contributed by atoms with E-state index in [2.05, 4.69) is 20.9 Å². The van der Waals surface area contributed by atoms with Crippen molar-refractivity contribution in [2.24, 2.45) is 0 Å². The largest absolute Gasteiger partial charge is 0.388 e. The highest BCUT2D eigenvalue weighted by Crippen LogP contribution is 2.23. The quantitative estimate of drug-likeness (QED) is 0.765. The van der Waals surface area contributed by atoms with Crippen molar-refractivity contribution in [1.82, 2.24) is 4.98 Å². The summed E-state index contributed by atoms with van der Waals surface area (Å²) in [4.78, 5) is 4.80. The van der Waals surface area contributed by atoms with Crippen molar-refractivity contribution >= 4 is 27.3 Å². The molecule has 1 heterocycles. The van der Waals surface area contributed by atoms with Gasteiger partial charge in [0.2, 0.25) is 0 Å². The van der Waals surface area contributed by atoms with Crippen LogP contribution in [0, 0.1) is 0 Å². The molecule has 0 radical (unpaired) electrons. The molecule has 1 aromatic heterocycles. The van der Waals surface area contributed by atoms with Gasteiger partial charge < -0.3 is 5.11 Å². The Morgan fingerprint density at radius 3 is 2.78 bits per heavy atom. The molecule has 0 saturated heterocycles. The molecule has 0 amide bonds. The SMILES string of the molecule is C[C@H](O)c1cnc(Br)s1. The van der Waals surface area contributed by atoms with Gasteiger partial charge in [0, 0.05) is 6.20 Å². The predicted octanol–water partition coefficient (Wildman–Crippen LogP) is 1.96. The summed E-state index contributed by atoms with van der Waals surface area (Å²) in [5.74, 6) is 0. The van der Waals surface area contributed by atoms with Crippen LogP contribution in [0.25, 0.3) is 0 Å². The monoisotopic (exact) mass is 207 g/mol. The molecular formula is C5H6BrNOS. The van der Waals surface area contributed by atoms with Gasteiger partial charge >= 0.3 is 0 Å². The topological polar surface area (TPSA) is 33.1 Å². The minimum absolute atomic E-state index is 0.395. The third-order valence-electron chi connectivity index (χ3n) is 0.907. The lowest BCUT2D eigenvalue weighted by atomic mass is 10.4. The summed E-state index contributed by atoms with van der Waals surface area (Å²) >= 11 is 4.65. The van der Waals surface area contributed by atoms with Crippen molar-refractivity contribution in [3.63, 3.8) is 0 Å². The maximum atomic E-state index is 8.99. The van der Waals surface area contributed by atoms with Gasteiger partial charge in [-0.15, -0.1) is 11.3 Å². The van der Waals surface area contributed by atoms with Crippen LogP contribution in [0.15, 0.2) is 10.1 Å². The van der Waals surface area contributed by atoms with Gasteiger partial charge in [0.25, 0.3) is 0 Å². The summed E-state index contributed by atoms with van der Waals surface area (Å²) in [7, 11) is 0. The van der Waals surface area contributed by atoms with Crippen LogP contribution in [-0.2, 0) is 0 Å². The first kappa shape index (κ1) is 7.18. The molecule has 0 bridgehead atoms. The smallest absolute Gasteiger partial charge is 0.159 e. The molecule has 1 aromatic rings. The molecule has 0 aliphatic rings. The minimum Gasteiger partial charge on any atom is -0.388 e. The lowest BCUT2D eigenvalue weighted by Gasteiger charge is -1.94. The van der Waals surface area contributed by atoms with Crippen LogP contribution in [0.3, 0.4) is 0 Å². The fourth-order valence-electron chi connectivity index (χ4n) is 0.457. The van der Waals surface area contributed by atoms with E-state index >= 15 is 0 Å².